The minimum absolute atomic E-state index is 0.222. The first-order valence-corrected chi connectivity index (χ1v) is 11.4. The van der Waals surface area contributed by atoms with Crippen molar-refractivity contribution in [3.8, 4) is 0 Å². The van der Waals surface area contributed by atoms with Crippen molar-refractivity contribution in [1.82, 2.24) is 15.6 Å². The van der Waals surface area contributed by atoms with E-state index in [1.807, 2.05) is 25.1 Å². The Bertz CT molecular complexity index is 1080. The van der Waals surface area contributed by atoms with Crippen LogP contribution in [0.25, 0.3) is 10.8 Å². The van der Waals surface area contributed by atoms with Crippen LogP contribution in [0.15, 0.2) is 36.5 Å². The molecule has 34 heavy (non-hydrogen) atoms. The zero-order valence-electron chi connectivity index (χ0n) is 19.0. The van der Waals surface area contributed by atoms with Crippen molar-refractivity contribution < 1.29 is 34.0 Å². The number of hydrogen-bond acceptors (Lipinski definition) is 6. The molecule has 4 atom stereocenters. The SMILES string of the molecule is CCCC(NC(=O)c1nccc2ccccc12)C(=O)[NH+]1CCCC1C(=O)NC(C=O)CC(=O)O. The van der Waals surface area contributed by atoms with Gasteiger partial charge >= 0.3 is 11.9 Å². The van der Waals surface area contributed by atoms with E-state index >= 15 is 0 Å². The number of likely N-dealkylation sites (tertiary alicyclic amines) is 1. The number of carbonyl (C=O) groups is 5. The Labute approximate surface area is 196 Å². The number of carboxylic acids is 1. The van der Waals surface area contributed by atoms with Gasteiger partial charge in [0.05, 0.1) is 19.0 Å². The summed E-state index contributed by atoms with van der Waals surface area (Å²) in [6, 6.07) is 6.40. The number of rotatable bonds is 10. The highest BCUT2D eigenvalue weighted by Crippen LogP contribution is 2.16. The van der Waals surface area contributed by atoms with Crippen molar-refractivity contribution in [2.75, 3.05) is 6.54 Å². The topological polar surface area (TPSA) is 147 Å². The molecule has 4 unspecified atom stereocenters. The van der Waals surface area contributed by atoms with Crippen molar-refractivity contribution in [2.45, 2.75) is 57.2 Å². The Balaban J connectivity index is 1.75. The van der Waals surface area contributed by atoms with Gasteiger partial charge in [-0.3, -0.25) is 24.3 Å². The maximum Gasteiger partial charge on any atom is 0.335 e. The summed E-state index contributed by atoms with van der Waals surface area (Å²) in [5.41, 5.74) is 0.222. The number of nitrogens with zero attached hydrogens (tertiary/aromatic N) is 1. The molecule has 1 aliphatic heterocycles. The van der Waals surface area contributed by atoms with E-state index in [1.165, 1.54) is 0 Å². The van der Waals surface area contributed by atoms with Crippen LogP contribution in [0.2, 0.25) is 0 Å². The highest BCUT2D eigenvalue weighted by Gasteiger charge is 2.43. The largest absolute Gasteiger partial charge is 0.481 e. The van der Waals surface area contributed by atoms with Crippen LogP contribution in [0.3, 0.4) is 0 Å². The molecule has 3 amide bonds. The summed E-state index contributed by atoms with van der Waals surface area (Å²) < 4.78 is 0. The van der Waals surface area contributed by atoms with Gasteiger partial charge in [0.1, 0.15) is 18.0 Å². The summed E-state index contributed by atoms with van der Waals surface area (Å²) in [5.74, 6) is -2.53. The minimum Gasteiger partial charge on any atom is -0.481 e. The third-order valence-electron chi connectivity index (χ3n) is 5.97. The molecule has 0 spiro atoms. The zero-order valence-corrected chi connectivity index (χ0v) is 19.0. The van der Waals surface area contributed by atoms with Crippen LogP contribution in [0.4, 0.5) is 0 Å². The summed E-state index contributed by atoms with van der Waals surface area (Å²) in [7, 11) is 0. The normalized spacial score (nSPS) is 19.2. The molecule has 10 nitrogen and oxygen atoms in total. The average molecular weight is 470 g/mol. The highest BCUT2D eigenvalue weighted by atomic mass is 16.4. The molecular weight excluding hydrogens is 440 g/mol. The van der Waals surface area contributed by atoms with Crippen molar-refractivity contribution in [2.24, 2.45) is 0 Å². The van der Waals surface area contributed by atoms with E-state index < -0.39 is 42.3 Å². The van der Waals surface area contributed by atoms with E-state index in [4.69, 9.17) is 5.11 Å². The number of carboxylic acid groups (broad SMARTS) is 1. The smallest absolute Gasteiger partial charge is 0.335 e. The first kappa shape index (κ1) is 25.0. The van der Waals surface area contributed by atoms with Gasteiger partial charge in [-0.2, -0.15) is 0 Å². The van der Waals surface area contributed by atoms with Crippen LogP contribution >= 0.6 is 0 Å². The van der Waals surface area contributed by atoms with Crippen LogP contribution < -0.4 is 15.5 Å². The van der Waals surface area contributed by atoms with Crippen LogP contribution in [0.1, 0.15) is 49.5 Å². The third-order valence-corrected chi connectivity index (χ3v) is 5.97. The molecule has 2 heterocycles. The Hall–Kier alpha value is -3.66. The Kier molecular flexibility index (Phi) is 8.42. The Morgan fingerprint density at radius 3 is 2.68 bits per heavy atom. The molecule has 1 aliphatic rings. The number of aliphatic carboxylic acids is 1. The van der Waals surface area contributed by atoms with Crippen LogP contribution in [0.5, 0.6) is 0 Å². The zero-order chi connectivity index (χ0) is 24.7. The van der Waals surface area contributed by atoms with E-state index in [9.17, 15) is 24.0 Å². The summed E-state index contributed by atoms with van der Waals surface area (Å²) >= 11 is 0. The van der Waals surface area contributed by atoms with Gasteiger partial charge in [-0.25, -0.2) is 4.79 Å². The molecule has 1 fully saturated rings. The monoisotopic (exact) mass is 469 g/mol. The molecule has 180 valence electrons. The van der Waals surface area contributed by atoms with E-state index in [-0.39, 0.29) is 11.6 Å². The lowest BCUT2D eigenvalue weighted by molar-refractivity contribution is -0.824. The summed E-state index contributed by atoms with van der Waals surface area (Å²) in [4.78, 5) is 65.8. The number of benzene rings is 1. The number of aromatic nitrogens is 1. The molecule has 1 saturated heterocycles. The Morgan fingerprint density at radius 2 is 1.97 bits per heavy atom. The average Bonchev–Trinajstić information content (AvgIpc) is 3.32. The van der Waals surface area contributed by atoms with Crippen molar-refractivity contribution in [1.29, 1.82) is 0 Å². The molecule has 4 N–H and O–H groups in total. The molecule has 1 aromatic heterocycles. The molecule has 0 aliphatic carbocycles. The lowest BCUT2D eigenvalue weighted by Gasteiger charge is -2.24. The second kappa shape index (κ2) is 11.5. The van der Waals surface area contributed by atoms with E-state index in [1.54, 1.807) is 18.3 Å². The number of hydrogen-bond donors (Lipinski definition) is 4. The van der Waals surface area contributed by atoms with Gasteiger partial charge in [0.25, 0.3) is 11.8 Å². The second-order valence-corrected chi connectivity index (χ2v) is 8.38. The third kappa shape index (κ3) is 5.82. The molecule has 10 heteroatoms. The molecule has 0 saturated carbocycles. The van der Waals surface area contributed by atoms with Gasteiger partial charge in [-0.15, -0.1) is 0 Å². The van der Waals surface area contributed by atoms with E-state index in [2.05, 4.69) is 15.6 Å². The highest BCUT2D eigenvalue weighted by molar-refractivity contribution is 6.06. The first-order chi connectivity index (χ1) is 16.3. The fourth-order valence-electron chi connectivity index (χ4n) is 4.34. The van der Waals surface area contributed by atoms with Crippen LogP contribution in [-0.2, 0) is 19.2 Å². The van der Waals surface area contributed by atoms with E-state index in [0.717, 1.165) is 5.39 Å². The van der Waals surface area contributed by atoms with Gasteiger partial charge in [0.15, 0.2) is 6.04 Å². The van der Waals surface area contributed by atoms with E-state index in [0.29, 0.717) is 48.8 Å². The number of fused-ring (bicyclic) bond motifs is 1. The predicted octanol–water partition coefficient (Wildman–Crippen LogP) is -0.134. The van der Waals surface area contributed by atoms with Gasteiger partial charge in [0, 0.05) is 24.4 Å². The van der Waals surface area contributed by atoms with Gasteiger partial charge in [-0.1, -0.05) is 37.6 Å². The fourth-order valence-corrected chi connectivity index (χ4v) is 4.34. The second-order valence-electron chi connectivity index (χ2n) is 8.38. The molecule has 3 rings (SSSR count). The standard InChI is InChI=1S/C24H28N4O6/c1-2-6-18(27-23(33)21-17-8-4-3-7-15(17)10-11-25-21)24(34)28-12-5-9-19(28)22(32)26-16(14-29)13-20(30)31/h3-4,7-8,10-11,14,16,18-19H,2,5-6,9,12-13H2,1H3,(H,26,32)(H,27,33)(H,30,31)/p+1. The van der Waals surface area contributed by atoms with Gasteiger partial charge in [-0.05, 0) is 17.9 Å². The lowest BCUT2D eigenvalue weighted by atomic mass is 10.1. The summed E-state index contributed by atoms with van der Waals surface area (Å²) in [5, 5.41) is 15.7. The molecule has 0 bridgehead atoms. The molecule has 1 aromatic carbocycles. The maximum atomic E-state index is 13.4. The fraction of sp³-hybridized carbons (Fsp3) is 0.417. The van der Waals surface area contributed by atoms with Crippen molar-refractivity contribution >= 4 is 40.7 Å². The Morgan fingerprint density at radius 1 is 1.21 bits per heavy atom. The van der Waals surface area contributed by atoms with Gasteiger partial charge in [0.2, 0.25) is 0 Å². The van der Waals surface area contributed by atoms with Gasteiger partial charge < -0.3 is 20.5 Å². The van der Waals surface area contributed by atoms with Crippen molar-refractivity contribution in [3.05, 3.63) is 42.2 Å². The molecular formula is C24H29N4O6+. The molecule has 2 aromatic rings. The number of aldehydes is 1. The summed E-state index contributed by atoms with van der Waals surface area (Å²) in [6.07, 6.45) is 3.45. The first-order valence-electron chi connectivity index (χ1n) is 11.4. The quantitative estimate of drug-likeness (QED) is 0.354. The number of amides is 3. The van der Waals surface area contributed by atoms with Crippen LogP contribution in [-0.4, -0.2) is 64.7 Å². The maximum absolute atomic E-state index is 13.4. The number of quaternary nitrogens is 1. The summed E-state index contributed by atoms with van der Waals surface area (Å²) in [6.45, 7) is 2.30. The molecule has 0 radical (unpaired) electrons. The number of pyridine rings is 1. The van der Waals surface area contributed by atoms with Crippen LogP contribution in [0, 0.1) is 0 Å². The number of nitrogens with one attached hydrogen (secondary N) is 3. The lowest BCUT2D eigenvalue weighted by Crippen LogP contribution is -3.19. The minimum atomic E-state index is -1.21. The number of carbonyl (C=O) groups excluding carboxylic acids is 4. The van der Waals surface area contributed by atoms with Crippen molar-refractivity contribution in [3.63, 3.8) is 0 Å². The predicted molar refractivity (Wildman–Crippen MR) is 122 cm³/mol.